The first-order valence-corrected chi connectivity index (χ1v) is 6.01. The SMILES string of the molecule is CC(Oc1cccc(F)c1)C(=O)NCCC(O)C(=O)O. The number of hydrogen-bond donors (Lipinski definition) is 3. The molecule has 0 bridgehead atoms. The number of aliphatic carboxylic acids is 1. The van der Waals surface area contributed by atoms with Gasteiger partial charge in [0.2, 0.25) is 0 Å². The minimum Gasteiger partial charge on any atom is -0.481 e. The summed E-state index contributed by atoms with van der Waals surface area (Å²) in [5, 5.41) is 19.9. The maximum atomic E-state index is 12.9. The van der Waals surface area contributed by atoms with Crippen LogP contribution in [0.25, 0.3) is 0 Å². The minimum absolute atomic E-state index is 0.00313. The lowest BCUT2D eigenvalue weighted by molar-refractivity contribution is -0.147. The number of nitrogens with one attached hydrogen (secondary N) is 1. The van der Waals surface area contributed by atoms with Gasteiger partial charge >= 0.3 is 5.97 Å². The molecule has 1 rings (SSSR count). The number of rotatable bonds is 7. The Bertz CT molecular complexity index is 480. The number of benzene rings is 1. The quantitative estimate of drug-likeness (QED) is 0.679. The number of carboxylic acids is 1. The molecular formula is C13H16FNO5. The number of carbonyl (C=O) groups excluding carboxylic acids is 1. The van der Waals surface area contributed by atoms with Crippen molar-refractivity contribution in [1.82, 2.24) is 5.32 Å². The third-order valence-corrected chi connectivity index (χ3v) is 2.48. The lowest BCUT2D eigenvalue weighted by Crippen LogP contribution is -2.38. The molecular weight excluding hydrogens is 269 g/mol. The lowest BCUT2D eigenvalue weighted by atomic mass is 10.2. The zero-order valence-corrected chi connectivity index (χ0v) is 10.9. The second-order valence-electron chi connectivity index (χ2n) is 4.15. The smallest absolute Gasteiger partial charge is 0.332 e. The van der Waals surface area contributed by atoms with Gasteiger partial charge in [-0.3, -0.25) is 4.79 Å². The molecule has 0 saturated carbocycles. The Morgan fingerprint density at radius 1 is 1.45 bits per heavy atom. The molecule has 7 heteroatoms. The fourth-order valence-electron chi connectivity index (χ4n) is 1.40. The van der Waals surface area contributed by atoms with Crippen molar-refractivity contribution in [2.45, 2.75) is 25.6 Å². The van der Waals surface area contributed by atoms with Gasteiger partial charge in [-0.1, -0.05) is 6.07 Å². The Morgan fingerprint density at radius 3 is 2.75 bits per heavy atom. The molecule has 0 saturated heterocycles. The summed E-state index contributed by atoms with van der Waals surface area (Å²) in [5.74, 6) is -2.08. The standard InChI is InChI=1S/C13H16FNO5/c1-8(20-10-4-2-3-9(14)7-10)12(17)15-6-5-11(16)13(18)19/h2-4,7-8,11,16H,5-6H2,1H3,(H,15,17)(H,18,19). The average Bonchev–Trinajstić information content (AvgIpc) is 2.38. The van der Waals surface area contributed by atoms with Crippen molar-refractivity contribution in [2.24, 2.45) is 0 Å². The summed E-state index contributed by atoms with van der Waals surface area (Å²) in [6, 6.07) is 5.38. The largest absolute Gasteiger partial charge is 0.481 e. The van der Waals surface area contributed by atoms with E-state index in [2.05, 4.69) is 5.32 Å². The first kappa shape index (κ1) is 15.9. The van der Waals surface area contributed by atoms with Crippen molar-refractivity contribution in [3.05, 3.63) is 30.1 Å². The number of hydrogen-bond acceptors (Lipinski definition) is 4. The second kappa shape index (κ2) is 7.44. The maximum absolute atomic E-state index is 12.9. The fraction of sp³-hybridized carbons (Fsp3) is 0.385. The Balaban J connectivity index is 2.38. The summed E-state index contributed by atoms with van der Waals surface area (Å²) in [6.45, 7) is 1.48. The summed E-state index contributed by atoms with van der Waals surface area (Å²) in [7, 11) is 0. The minimum atomic E-state index is -1.52. The van der Waals surface area contributed by atoms with Crippen molar-refractivity contribution < 1.29 is 28.9 Å². The van der Waals surface area contributed by atoms with Crippen LogP contribution in [-0.2, 0) is 9.59 Å². The first-order valence-electron chi connectivity index (χ1n) is 6.01. The number of aliphatic hydroxyl groups is 1. The van der Waals surface area contributed by atoms with E-state index in [0.29, 0.717) is 0 Å². The Labute approximate surface area is 115 Å². The van der Waals surface area contributed by atoms with Crippen molar-refractivity contribution >= 4 is 11.9 Å². The van der Waals surface area contributed by atoms with E-state index in [9.17, 15) is 14.0 Å². The van der Waals surface area contributed by atoms with Crippen LogP contribution in [0.2, 0.25) is 0 Å². The summed E-state index contributed by atoms with van der Waals surface area (Å²) < 4.78 is 18.2. The van der Waals surface area contributed by atoms with Gasteiger partial charge in [-0.05, 0) is 19.1 Å². The van der Waals surface area contributed by atoms with Gasteiger partial charge in [-0.25, -0.2) is 9.18 Å². The molecule has 110 valence electrons. The van der Waals surface area contributed by atoms with E-state index < -0.39 is 29.9 Å². The molecule has 1 aromatic rings. The monoisotopic (exact) mass is 285 g/mol. The Morgan fingerprint density at radius 2 is 2.15 bits per heavy atom. The molecule has 1 amide bonds. The first-order chi connectivity index (χ1) is 9.40. The van der Waals surface area contributed by atoms with Crippen LogP contribution < -0.4 is 10.1 Å². The normalized spacial score (nSPS) is 13.3. The molecule has 1 aromatic carbocycles. The topological polar surface area (TPSA) is 95.9 Å². The van der Waals surface area contributed by atoms with Gasteiger partial charge in [0.05, 0.1) is 0 Å². The Kier molecular flexibility index (Phi) is 5.92. The van der Waals surface area contributed by atoms with Crippen molar-refractivity contribution in [3.63, 3.8) is 0 Å². The predicted octanol–water partition coefficient (Wildman–Crippen LogP) is 0.545. The van der Waals surface area contributed by atoms with Gasteiger partial charge in [0.1, 0.15) is 11.6 Å². The maximum Gasteiger partial charge on any atom is 0.332 e. The molecule has 0 aromatic heterocycles. The molecule has 0 spiro atoms. The molecule has 0 fully saturated rings. The van der Waals surface area contributed by atoms with Gasteiger partial charge in [0, 0.05) is 19.0 Å². The molecule has 0 radical (unpaired) electrons. The summed E-state index contributed by atoms with van der Waals surface area (Å²) >= 11 is 0. The van der Waals surface area contributed by atoms with Crippen LogP contribution in [0.15, 0.2) is 24.3 Å². The molecule has 2 unspecified atom stereocenters. The molecule has 2 atom stereocenters. The van der Waals surface area contributed by atoms with Gasteiger partial charge < -0.3 is 20.3 Å². The lowest BCUT2D eigenvalue weighted by Gasteiger charge is -2.15. The third kappa shape index (κ3) is 5.23. The number of amides is 1. The highest BCUT2D eigenvalue weighted by molar-refractivity contribution is 5.80. The van der Waals surface area contributed by atoms with Crippen LogP contribution in [0.1, 0.15) is 13.3 Å². The van der Waals surface area contributed by atoms with E-state index in [1.807, 2.05) is 0 Å². The van der Waals surface area contributed by atoms with Crippen LogP contribution in [0.4, 0.5) is 4.39 Å². The van der Waals surface area contributed by atoms with Gasteiger partial charge in [-0.15, -0.1) is 0 Å². The van der Waals surface area contributed by atoms with Crippen LogP contribution >= 0.6 is 0 Å². The number of halogens is 1. The van der Waals surface area contributed by atoms with E-state index in [4.69, 9.17) is 14.9 Å². The van der Waals surface area contributed by atoms with Crippen molar-refractivity contribution in [3.8, 4) is 5.75 Å². The molecule has 0 aliphatic carbocycles. The highest BCUT2D eigenvalue weighted by Crippen LogP contribution is 2.13. The zero-order valence-electron chi connectivity index (χ0n) is 10.9. The van der Waals surface area contributed by atoms with Crippen LogP contribution in [0.5, 0.6) is 5.75 Å². The molecule has 0 aliphatic rings. The van der Waals surface area contributed by atoms with Crippen LogP contribution in [-0.4, -0.2) is 40.8 Å². The highest BCUT2D eigenvalue weighted by Gasteiger charge is 2.17. The molecule has 20 heavy (non-hydrogen) atoms. The summed E-state index contributed by atoms with van der Waals surface area (Å²) in [4.78, 5) is 22.0. The van der Waals surface area contributed by atoms with Gasteiger partial charge in [-0.2, -0.15) is 0 Å². The molecule has 0 heterocycles. The average molecular weight is 285 g/mol. The van der Waals surface area contributed by atoms with Gasteiger partial charge in [0.25, 0.3) is 5.91 Å². The number of aliphatic hydroxyl groups excluding tert-OH is 1. The number of carboxylic acid groups (broad SMARTS) is 1. The summed E-state index contributed by atoms with van der Waals surface area (Å²) in [6.07, 6.45) is -2.48. The molecule has 0 aliphatic heterocycles. The van der Waals surface area contributed by atoms with E-state index in [-0.39, 0.29) is 18.7 Å². The van der Waals surface area contributed by atoms with E-state index >= 15 is 0 Å². The fourth-order valence-corrected chi connectivity index (χ4v) is 1.40. The number of ether oxygens (including phenoxy) is 1. The van der Waals surface area contributed by atoms with Crippen molar-refractivity contribution in [2.75, 3.05) is 6.54 Å². The van der Waals surface area contributed by atoms with E-state index in [0.717, 1.165) is 6.07 Å². The zero-order chi connectivity index (χ0) is 15.1. The molecule has 3 N–H and O–H groups in total. The predicted molar refractivity (Wildman–Crippen MR) is 67.8 cm³/mol. The van der Waals surface area contributed by atoms with Crippen molar-refractivity contribution in [1.29, 1.82) is 0 Å². The second-order valence-corrected chi connectivity index (χ2v) is 4.15. The van der Waals surface area contributed by atoms with Crippen LogP contribution in [0, 0.1) is 5.82 Å². The van der Waals surface area contributed by atoms with Crippen LogP contribution in [0.3, 0.4) is 0 Å². The summed E-state index contributed by atoms with van der Waals surface area (Å²) in [5.41, 5.74) is 0. The Hall–Kier alpha value is -2.15. The third-order valence-electron chi connectivity index (χ3n) is 2.48. The van der Waals surface area contributed by atoms with E-state index in [1.165, 1.54) is 25.1 Å². The number of carbonyl (C=O) groups is 2. The molecule has 6 nitrogen and oxygen atoms in total. The highest BCUT2D eigenvalue weighted by atomic mass is 19.1. The van der Waals surface area contributed by atoms with Gasteiger partial charge in [0.15, 0.2) is 12.2 Å². The van der Waals surface area contributed by atoms with E-state index in [1.54, 1.807) is 0 Å².